The molecule has 2 rings (SSSR count). The Morgan fingerprint density at radius 1 is 0.679 bits per heavy atom. The minimum atomic E-state index is -1.48. The van der Waals surface area contributed by atoms with E-state index < -0.39 is 22.7 Å². The van der Waals surface area contributed by atoms with Crippen molar-refractivity contribution in [3.8, 4) is 0 Å². The summed E-state index contributed by atoms with van der Waals surface area (Å²) in [5.74, 6) is -2.76. The Morgan fingerprint density at radius 2 is 0.893 bits per heavy atom. The fourth-order valence-electron chi connectivity index (χ4n) is 1.58. The predicted molar refractivity (Wildman–Crippen MR) is 104 cm³/mol. The lowest BCUT2D eigenvalue weighted by atomic mass is 10.2. The number of carbonyl (C=O) groups is 2. The van der Waals surface area contributed by atoms with E-state index in [0.29, 0.717) is 9.79 Å². The molecule has 0 spiro atoms. The van der Waals surface area contributed by atoms with E-state index in [4.69, 9.17) is 21.0 Å². The Balaban J connectivity index is 0.000000776. The second kappa shape index (κ2) is 11.6. The zero-order valence-electron chi connectivity index (χ0n) is 14.5. The van der Waals surface area contributed by atoms with Crippen molar-refractivity contribution in [2.75, 3.05) is 0 Å². The van der Waals surface area contributed by atoms with Crippen molar-refractivity contribution >= 4 is 34.7 Å². The molecule has 0 saturated carbocycles. The van der Waals surface area contributed by atoms with Gasteiger partial charge in [0.15, 0.2) is 11.9 Å². The average Bonchev–Trinajstić information content (AvgIpc) is 2.60. The van der Waals surface area contributed by atoms with Crippen molar-refractivity contribution in [1.82, 2.24) is 0 Å². The van der Waals surface area contributed by atoms with Gasteiger partial charge in [-0.15, -0.1) is 0 Å². The number of hydrogen-bond acceptors (Lipinski definition) is 5. The molecular formula is C16H20N6O5S. The molecule has 28 heavy (non-hydrogen) atoms. The molecular weight excluding hydrogens is 388 g/mol. The lowest BCUT2D eigenvalue weighted by Gasteiger charge is -2.03. The fraction of sp³-hybridized carbons (Fsp3) is 0. The molecule has 0 heterocycles. The van der Waals surface area contributed by atoms with Crippen LogP contribution in [-0.2, 0) is 10.8 Å². The number of nitrogens with two attached hydrogens (primary N) is 4. The van der Waals surface area contributed by atoms with E-state index in [-0.39, 0.29) is 23.0 Å². The van der Waals surface area contributed by atoms with Crippen LogP contribution in [0.15, 0.2) is 58.3 Å². The SMILES string of the molecule is N=C(N)N.N=C(N)N.O=C(O)c1ccc(S(=O)c2ccc(C(=O)O)cc2)cc1. The Morgan fingerprint density at radius 3 is 1.07 bits per heavy atom. The zero-order chi connectivity index (χ0) is 21.9. The maximum Gasteiger partial charge on any atom is 0.335 e. The molecule has 0 aromatic heterocycles. The molecule has 12 N–H and O–H groups in total. The minimum absolute atomic E-state index is 0.118. The van der Waals surface area contributed by atoms with Crippen molar-refractivity contribution in [3.05, 3.63) is 59.7 Å². The van der Waals surface area contributed by atoms with Crippen LogP contribution in [0.5, 0.6) is 0 Å². The summed E-state index contributed by atoms with van der Waals surface area (Å²) >= 11 is 0. The van der Waals surface area contributed by atoms with Crippen LogP contribution in [0.25, 0.3) is 0 Å². The van der Waals surface area contributed by atoms with Gasteiger partial charge in [0.05, 0.1) is 21.9 Å². The van der Waals surface area contributed by atoms with Gasteiger partial charge in [0.1, 0.15) is 0 Å². The fourth-order valence-corrected chi connectivity index (χ4v) is 2.62. The van der Waals surface area contributed by atoms with E-state index in [1.54, 1.807) is 0 Å². The molecule has 0 bridgehead atoms. The summed E-state index contributed by atoms with van der Waals surface area (Å²) in [6.07, 6.45) is 0. The number of nitrogens with one attached hydrogen (secondary N) is 2. The molecule has 0 atom stereocenters. The van der Waals surface area contributed by atoms with Gasteiger partial charge < -0.3 is 33.1 Å². The van der Waals surface area contributed by atoms with E-state index in [0.717, 1.165) is 0 Å². The number of carboxylic acid groups (broad SMARTS) is 2. The summed E-state index contributed by atoms with van der Waals surface area (Å²) < 4.78 is 12.2. The maximum absolute atomic E-state index is 12.2. The minimum Gasteiger partial charge on any atom is -0.478 e. The third kappa shape index (κ3) is 9.53. The molecule has 0 aliphatic rings. The quantitative estimate of drug-likeness (QED) is 0.249. The Bertz CT molecular complexity index is 789. The van der Waals surface area contributed by atoms with Crippen LogP contribution in [0.1, 0.15) is 20.7 Å². The Labute approximate surface area is 162 Å². The molecule has 0 fully saturated rings. The molecule has 0 unspecified atom stereocenters. The highest BCUT2D eigenvalue weighted by Gasteiger charge is 2.10. The second-order valence-electron chi connectivity index (χ2n) is 4.84. The highest BCUT2D eigenvalue weighted by Crippen LogP contribution is 2.17. The van der Waals surface area contributed by atoms with Gasteiger partial charge in [-0.1, -0.05) is 0 Å². The first-order valence-electron chi connectivity index (χ1n) is 7.23. The van der Waals surface area contributed by atoms with Gasteiger partial charge in [0.25, 0.3) is 0 Å². The first-order valence-corrected chi connectivity index (χ1v) is 8.38. The van der Waals surface area contributed by atoms with E-state index in [1.807, 2.05) is 0 Å². The lowest BCUT2D eigenvalue weighted by Crippen LogP contribution is -2.20. The number of guanidine groups is 2. The highest BCUT2D eigenvalue weighted by molar-refractivity contribution is 7.85. The summed E-state index contributed by atoms with van der Waals surface area (Å²) in [7, 11) is -1.48. The van der Waals surface area contributed by atoms with Crippen LogP contribution in [-0.4, -0.2) is 38.3 Å². The van der Waals surface area contributed by atoms with Crippen LogP contribution in [0.4, 0.5) is 0 Å². The van der Waals surface area contributed by atoms with Crippen molar-refractivity contribution < 1.29 is 24.0 Å². The molecule has 0 saturated heterocycles. The lowest BCUT2D eigenvalue weighted by molar-refractivity contribution is 0.0686. The van der Waals surface area contributed by atoms with Crippen LogP contribution < -0.4 is 22.9 Å². The van der Waals surface area contributed by atoms with Gasteiger partial charge in [-0.3, -0.25) is 10.8 Å². The molecule has 2 aromatic rings. The number of aromatic carboxylic acids is 2. The Kier molecular flexibility index (Phi) is 10.0. The predicted octanol–water partition coefficient (Wildman–Crippen LogP) is -0.0732. The average molecular weight is 408 g/mol. The number of rotatable bonds is 4. The van der Waals surface area contributed by atoms with Crippen LogP contribution >= 0.6 is 0 Å². The largest absolute Gasteiger partial charge is 0.478 e. The number of hydrogen-bond donors (Lipinski definition) is 8. The van der Waals surface area contributed by atoms with E-state index in [2.05, 4.69) is 22.9 Å². The standard InChI is InChI=1S/C14H10O5S.2CH5N3/c15-13(16)9-1-5-11(6-2-9)20(19)12-7-3-10(4-8-12)14(17)18;2*2-1(3)4/h1-8H,(H,15,16)(H,17,18);2*(H5,2,3,4). The van der Waals surface area contributed by atoms with Crippen LogP contribution in [0.3, 0.4) is 0 Å². The normalized spacial score (nSPS) is 9.18. The first kappa shape index (κ1) is 24.1. The van der Waals surface area contributed by atoms with Crippen LogP contribution in [0.2, 0.25) is 0 Å². The molecule has 11 nitrogen and oxygen atoms in total. The molecule has 0 aliphatic heterocycles. The molecule has 12 heteroatoms. The van der Waals surface area contributed by atoms with E-state index in [1.165, 1.54) is 48.5 Å². The van der Waals surface area contributed by atoms with Gasteiger partial charge in [0, 0.05) is 9.79 Å². The summed E-state index contributed by atoms with van der Waals surface area (Å²) in [6, 6.07) is 11.4. The van der Waals surface area contributed by atoms with Gasteiger partial charge in [-0.05, 0) is 48.5 Å². The Hall–Kier alpha value is -3.93. The second-order valence-corrected chi connectivity index (χ2v) is 6.32. The summed E-state index contributed by atoms with van der Waals surface area (Å²) in [6.45, 7) is 0. The van der Waals surface area contributed by atoms with Crippen LogP contribution in [0, 0.1) is 10.8 Å². The molecule has 0 amide bonds. The number of benzene rings is 2. The highest BCUT2D eigenvalue weighted by atomic mass is 32.2. The monoisotopic (exact) mass is 408 g/mol. The zero-order valence-corrected chi connectivity index (χ0v) is 15.3. The van der Waals surface area contributed by atoms with Gasteiger partial charge >= 0.3 is 11.9 Å². The van der Waals surface area contributed by atoms with Crippen molar-refractivity contribution in [2.24, 2.45) is 22.9 Å². The van der Waals surface area contributed by atoms with Gasteiger partial charge in [0.2, 0.25) is 0 Å². The summed E-state index contributed by atoms with van der Waals surface area (Å²) in [5, 5.41) is 29.7. The van der Waals surface area contributed by atoms with Crippen molar-refractivity contribution in [1.29, 1.82) is 10.8 Å². The smallest absolute Gasteiger partial charge is 0.335 e. The molecule has 0 aliphatic carbocycles. The van der Waals surface area contributed by atoms with Gasteiger partial charge in [-0.25, -0.2) is 13.8 Å². The topological polar surface area (TPSA) is 243 Å². The summed E-state index contributed by atoms with van der Waals surface area (Å²) in [4.78, 5) is 22.4. The molecule has 0 radical (unpaired) electrons. The van der Waals surface area contributed by atoms with Crippen molar-refractivity contribution in [3.63, 3.8) is 0 Å². The molecule has 2 aromatic carbocycles. The maximum atomic E-state index is 12.2. The third-order valence-corrected chi connectivity index (χ3v) is 4.03. The van der Waals surface area contributed by atoms with E-state index in [9.17, 15) is 13.8 Å². The number of carboxylic acids is 2. The van der Waals surface area contributed by atoms with Gasteiger partial charge in [-0.2, -0.15) is 0 Å². The van der Waals surface area contributed by atoms with Crippen molar-refractivity contribution in [2.45, 2.75) is 9.79 Å². The summed E-state index contributed by atoms with van der Waals surface area (Å²) in [5.41, 5.74) is 18.1. The third-order valence-electron chi connectivity index (χ3n) is 2.63. The first-order chi connectivity index (χ1) is 13.0. The van der Waals surface area contributed by atoms with E-state index >= 15 is 0 Å². The molecule has 150 valence electrons.